The summed E-state index contributed by atoms with van der Waals surface area (Å²) < 4.78 is 20.2. The minimum atomic E-state index is -0.839. The molecule has 1 aliphatic heterocycles. The number of anilines is 1. The van der Waals surface area contributed by atoms with Crippen LogP contribution in [0, 0.1) is 5.82 Å². The number of fused-ring (bicyclic) bond motifs is 1. The minimum absolute atomic E-state index is 0. The van der Waals surface area contributed by atoms with Gasteiger partial charge >= 0.3 is 0 Å². The van der Waals surface area contributed by atoms with E-state index in [9.17, 15) is 14.0 Å². The predicted octanol–water partition coefficient (Wildman–Crippen LogP) is 3.50. The van der Waals surface area contributed by atoms with Gasteiger partial charge in [-0.3, -0.25) is 9.59 Å². The van der Waals surface area contributed by atoms with Gasteiger partial charge in [0.2, 0.25) is 0 Å². The Morgan fingerprint density at radius 2 is 2.04 bits per heavy atom. The molecule has 1 amide bonds. The molecule has 3 rings (SSSR count). The summed E-state index contributed by atoms with van der Waals surface area (Å²) in [6.45, 7) is 4.39. The molecule has 0 spiro atoms. The van der Waals surface area contributed by atoms with Crippen molar-refractivity contribution in [1.82, 2.24) is 5.32 Å². The third kappa shape index (κ3) is 4.84. The molecule has 1 aliphatic rings. The number of benzene rings is 2. The Morgan fingerprint density at radius 1 is 1.26 bits per heavy atom. The van der Waals surface area contributed by atoms with Crippen molar-refractivity contribution in [2.75, 3.05) is 11.9 Å². The van der Waals surface area contributed by atoms with Crippen LogP contribution in [0.25, 0.3) is 0 Å². The van der Waals surface area contributed by atoms with Crippen molar-refractivity contribution in [2.45, 2.75) is 32.9 Å². The van der Waals surface area contributed by atoms with Gasteiger partial charge in [-0.2, -0.15) is 0 Å². The first-order valence-corrected chi connectivity index (χ1v) is 8.55. The number of halogens is 2. The minimum Gasteiger partial charge on any atom is -0.481 e. The van der Waals surface area contributed by atoms with Crippen LogP contribution < -0.4 is 15.4 Å². The summed E-state index contributed by atoms with van der Waals surface area (Å²) in [7, 11) is 0. The van der Waals surface area contributed by atoms with Gasteiger partial charge in [0.05, 0.1) is 5.69 Å². The van der Waals surface area contributed by atoms with Crippen LogP contribution in [0.1, 0.15) is 35.3 Å². The van der Waals surface area contributed by atoms with Gasteiger partial charge in [-0.25, -0.2) is 4.39 Å². The van der Waals surface area contributed by atoms with Gasteiger partial charge in [0.25, 0.3) is 5.91 Å². The van der Waals surface area contributed by atoms with Crippen molar-refractivity contribution in [3.63, 3.8) is 0 Å². The Morgan fingerprint density at radius 3 is 2.78 bits per heavy atom. The fourth-order valence-corrected chi connectivity index (χ4v) is 2.91. The van der Waals surface area contributed by atoms with Crippen LogP contribution in [0.3, 0.4) is 0 Å². The van der Waals surface area contributed by atoms with Crippen LogP contribution in [0.2, 0.25) is 0 Å². The number of amides is 1. The Labute approximate surface area is 163 Å². The molecule has 1 atom stereocenters. The van der Waals surface area contributed by atoms with Crippen molar-refractivity contribution in [1.29, 1.82) is 0 Å². The highest BCUT2D eigenvalue weighted by Gasteiger charge is 2.20. The number of ether oxygens (including phenoxy) is 1. The van der Waals surface area contributed by atoms with E-state index in [1.54, 1.807) is 37.3 Å². The quantitative estimate of drug-likeness (QED) is 0.764. The average Bonchev–Trinajstić information content (AvgIpc) is 2.64. The molecular formula is C20H22ClFN2O3. The van der Waals surface area contributed by atoms with E-state index in [4.69, 9.17) is 4.74 Å². The maximum Gasteiger partial charge on any atom is 0.265 e. The smallest absolute Gasteiger partial charge is 0.265 e. The zero-order valence-electron chi connectivity index (χ0n) is 15.2. The second-order valence-corrected chi connectivity index (χ2v) is 6.32. The monoisotopic (exact) mass is 392 g/mol. The van der Waals surface area contributed by atoms with Gasteiger partial charge in [0.15, 0.2) is 11.9 Å². The number of rotatable bonds is 5. The highest BCUT2D eigenvalue weighted by molar-refractivity contribution is 5.95. The van der Waals surface area contributed by atoms with E-state index in [-0.39, 0.29) is 29.7 Å². The molecule has 2 aromatic rings. The van der Waals surface area contributed by atoms with Crippen molar-refractivity contribution in [3.8, 4) is 5.75 Å². The van der Waals surface area contributed by atoms with Crippen LogP contribution in [-0.2, 0) is 17.8 Å². The number of ketones is 1. The molecule has 5 nitrogen and oxygen atoms in total. The van der Waals surface area contributed by atoms with Gasteiger partial charge in [-0.15, -0.1) is 12.4 Å². The van der Waals surface area contributed by atoms with Crippen LogP contribution in [0.5, 0.6) is 5.75 Å². The fourth-order valence-electron chi connectivity index (χ4n) is 2.91. The predicted molar refractivity (Wildman–Crippen MR) is 104 cm³/mol. The molecule has 1 unspecified atom stereocenters. The number of hydrogen-bond acceptors (Lipinski definition) is 4. The van der Waals surface area contributed by atoms with Gasteiger partial charge in [-0.1, -0.05) is 18.2 Å². The first-order valence-electron chi connectivity index (χ1n) is 8.55. The molecule has 0 saturated carbocycles. The SMILES string of the molecule is CC(=O)c1cccc(OC(C)C(=O)Nc2ccc3c(c2F)CCNC3)c1.Cl. The first-order chi connectivity index (χ1) is 12.5. The fraction of sp³-hybridized carbons (Fsp3) is 0.300. The Hall–Kier alpha value is -2.44. The summed E-state index contributed by atoms with van der Waals surface area (Å²) in [6, 6.07) is 10.0. The first kappa shape index (κ1) is 20.9. The second kappa shape index (κ2) is 8.97. The molecule has 0 aliphatic carbocycles. The molecule has 0 fully saturated rings. The van der Waals surface area contributed by atoms with Crippen LogP contribution in [-0.4, -0.2) is 24.3 Å². The van der Waals surface area contributed by atoms with Gasteiger partial charge in [0.1, 0.15) is 11.6 Å². The lowest BCUT2D eigenvalue weighted by atomic mass is 9.99. The highest BCUT2D eigenvalue weighted by atomic mass is 35.5. The summed E-state index contributed by atoms with van der Waals surface area (Å²) in [5, 5.41) is 5.78. The Kier molecular flexibility index (Phi) is 6.93. The standard InChI is InChI=1S/C20H21FN2O3.ClH/c1-12(24)14-4-3-5-16(10-14)26-13(2)20(25)23-18-7-6-15-11-22-9-8-17(15)19(18)21;/h3-7,10,13,22H,8-9,11H2,1-2H3,(H,23,25);1H. The lowest BCUT2D eigenvalue weighted by Crippen LogP contribution is -2.31. The molecule has 0 aromatic heterocycles. The topological polar surface area (TPSA) is 67.4 Å². The van der Waals surface area contributed by atoms with Crippen LogP contribution >= 0.6 is 12.4 Å². The molecule has 7 heteroatoms. The largest absolute Gasteiger partial charge is 0.481 e. The van der Waals surface area contributed by atoms with E-state index in [1.165, 1.54) is 6.92 Å². The van der Waals surface area contributed by atoms with E-state index in [0.717, 1.165) is 5.56 Å². The van der Waals surface area contributed by atoms with Crippen molar-refractivity contribution in [3.05, 3.63) is 58.9 Å². The summed E-state index contributed by atoms with van der Waals surface area (Å²) in [5.74, 6) is -0.510. The molecule has 2 aromatic carbocycles. The third-order valence-corrected chi connectivity index (χ3v) is 4.39. The number of carbonyl (C=O) groups excluding carboxylic acids is 2. The molecule has 2 N–H and O–H groups in total. The Balaban J connectivity index is 0.00000261. The summed E-state index contributed by atoms with van der Waals surface area (Å²) in [5.41, 5.74) is 2.22. The van der Waals surface area contributed by atoms with Gasteiger partial charge < -0.3 is 15.4 Å². The molecule has 0 radical (unpaired) electrons. The van der Waals surface area contributed by atoms with Crippen LogP contribution in [0.4, 0.5) is 10.1 Å². The lowest BCUT2D eigenvalue weighted by molar-refractivity contribution is -0.122. The van der Waals surface area contributed by atoms with E-state index >= 15 is 0 Å². The van der Waals surface area contributed by atoms with Crippen molar-refractivity contribution in [2.24, 2.45) is 0 Å². The van der Waals surface area contributed by atoms with E-state index < -0.39 is 12.0 Å². The number of nitrogens with one attached hydrogen (secondary N) is 2. The van der Waals surface area contributed by atoms with E-state index in [0.29, 0.717) is 36.4 Å². The van der Waals surface area contributed by atoms with Crippen molar-refractivity contribution >= 4 is 29.8 Å². The summed E-state index contributed by atoms with van der Waals surface area (Å²) in [4.78, 5) is 23.8. The third-order valence-electron chi connectivity index (χ3n) is 4.39. The molecule has 0 bridgehead atoms. The molecule has 1 heterocycles. The Bertz CT molecular complexity index is 857. The maximum atomic E-state index is 14.6. The molecule has 144 valence electrons. The lowest BCUT2D eigenvalue weighted by Gasteiger charge is -2.20. The van der Waals surface area contributed by atoms with E-state index in [1.807, 2.05) is 6.07 Å². The number of carbonyl (C=O) groups is 2. The molecule has 27 heavy (non-hydrogen) atoms. The molecular weight excluding hydrogens is 371 g/mol. The maximum absolute atomic E-state index is 14.6. The second-order valence-electron chi connectivity index (χ2n) is 6.32. The highest BCUT2D eigenvalue weighted by Crippen LogP contribution is 2.25. The molecule has 0 saturated heterocycles. The zero-order valence-corrected chi connectivity index (χ0v) is 16.0. The van der Waals surface area contributed by atoms with Gasteiger partial charge in [-0.05, 0) is 56.1 Å². The van der Waals surface area contributed by atoms with E-state index in [2.05, 4.69) is 10.6 Å². The zero-order chi connectivity index (χ0) is 18.7. The normalized spacial score (nSPS) is 13.7. The number of hydrogen-bond donors (Lipinski definition) is 2. The van der Waals surface area contributed by atoms with Crippen LogP contribution in [0.15, 0.2) is 36.4 Å². The average molecular weight is 393 g/mol. The van der Waals surface area contributed by atoms with Crippen molar-refractivity contribution < 1.29 is 18.7 Å². The summed E-state index contributed by atoms with van der Waals surface area (Å²) >= 11 is 0. The number of Topliss-reactive ketones (excluding diaryl/α,β-unsaturated/α-hetero) is 1. The van der Waals surface area contributed by atoms with Gasteiger partial charge in [0, 0.05) is 12.1 Å². The summed E-state index contributed by atoms with van der Waals surface area (Å²) in [6.07, 6.45) is -0.247.